The van der Waals surface area contributed by atoms with Gasteiger partial charge in [0.1, 0.15) is 6.07 Å². The molecular weight excluding hydrogens is 367 g/mol. The van der Waals surface area contributed by atoms with E-state index < -0.39 is 0 Å². The molecule has 0 aliphatic heterocycles. The quantitative estimate of drug-likeness (QED) is 0.728. The van der Waals surface area contributed by atoms with Crippen LogP contribution in [-0.4, -0.2) is 0 Å². The third-order valence-corrected chi connectivity index (χ3v) is 4.63. The van der Waals surface area contributed by atoms with Crippen LogP contribution in [0.15, 0.2) is 28.7 Å². The number of benzene rings is 1. The summed E-state index contributed by atoms with van der Waals surface area (Å²) < 4.78 is 2.23. The molecule has 2 aromatic rings. The smallest absolute Gasteiger partial charge is 0.101 e. The summed E-state index contributed by atoms with van der Waals surface area (Å²) in [6.45, 7) is 1.98. The first kappa shape index (κ1) is 14.7. The summed E-state index contributed by atoms with van der Waals surface area (Å²) >= 11 is 16.8. The van der Waals surface area contributed by atoms with Crippen LogP contribution in [0.1, 0.15) is 24.1 Å². The molecular formula is C13H9BrCl2N2S. The van der Waals surface area contributed by atoms with Crippen LogP contribution in [0.2, 0.25) is 8.67 Å². The number of nitrogens with zero attached hydrogens (tertiary/aromatic N) is 1. The Morgan fingerprint density at radius 3 is 2.68 bits per heavy atom. The highest BCUT2D eigenvalue weighted by atomic mass is 79.9. The van der Waals surface area contributed by atoms with Gasteiger partial charge in [0.05, 0.1) is 26.0 Å². The fourth-order valence-electron chi connectivity index (χ4n) is 1.69. The number of anilines is 1. The Bertz CT molecular complexity index is 649. The number of hydrogen-bond acceptors (Lipinski definition) is 3. The van der Waals surface area contributed by atoms with Gasteiger partial charge < -0.3 is 5.32 Å². The van der Waals surface area contributed by atoms with Crippen molar-refractivity contribution in [3.8, 4) is 6.07 Å². The number of halogens is 3. The Hall–Kier alpha value is -0.730. The van der Waals surface area contributed by atoms with Crippen LogP contribution in [0.25, 0.3) is 0 Å². The lowest BCUT2D eigenvalue weighted by atomic mass is 10.1. The molecule has 0 amide bonds. The Balaban J connectivity index is 2.29. The second kappa shape index (κ2) is 6.15. The molecule has 6 heteroatoms. The van der Waals surface area contributed by atoms with Gasteiger partial charge in [-0.15, -0.1) is 11.3 Å². The molecule has 1 atom stereocenters. The van der Waals surface area contributed by atoms with Crippen LogP contribution >= 0.6 is 50.5 Å². The number of thiophene rings is 1. The molecule has 1 heterocycles. The average Bonchev–Trinajstić information content (AvgIpc) is 2.69. The fraction of sp³-hybridized carbons (Fsp3) is 0.154. The van der Waals surface area contributed by atoms with Crippen LogP contribution in [0.3, 0.4) is 0 Å². The van der Waals surface area contributed by atoms with Crippen molar-refractivity contribution in [2.24, 2.45) is 0 Å². The van der Waals surface area contributed by atoms with E-state index in [2.05, 4.69) is 27.3 Å². The molecule has 19 heavy (non-hydrogen) atoms. The molecule has 1 aromatic carbocycles. The highest BCUT2D eigenvalue weighted by molar-refractivity contribution is 9.10. The van der Waals surface area contributed by atoms with Gasteiger partial charge in [-0.2, -0.15) is 5.26 Å². The minimum atomic E-state index is -0.0300. The Morgan fingerprint density at radius 1 is 1.37 bits per heavy atom. The summed E-state index contributed by atoms with van der Waals surface area (Å²) in [6, 6.07) is 9.45. The van der Waals surface area contributed by atoms with Gasteiger partial charge in [0.15, 0.2) is 0 Å². The summed E-state index contributed by atoms with van der Waals surface area (Å²) in [4.78, 5) is 0. The van der Waals surface area contributed by atoms with E-state index >= 15 is 0 Å². The molecule has 0 spiro atoms. The Kier molecular flexibility index (Phi) is 4.75. The molecule has 0 bridgehead atoms. The summed E-state index contributed by atoms with van der Waals surface area (Å²) in [5.74, 6) is 0. The normalized spacial score (nSPS) is 11.9. The van der Waals surface area contributed by atoms with E-state index in [1.54, 1.807) is 6.07 Å². The fourth-order valence-corrected chi connectivity index (χ4v) is 3.70. The van der Waals surface area contributed by atoms with Gasteiger partial charge in [-0.1, -0.05) is 39.1 Å². The second-order valence-corrected chi connectivity index (χ2v) is 7.15. The van der Waals surface area contributed by atoms with E-state index in [1.165, 1.54) is 11.3 Å². The second-order valence-electron chi connectivity index (χ2n) is 3.95. The van der Waals surface area contributed by atoms with Gasteiger partial charge in [0, 0.05) is 10.0 Å². The topological polar surface area (TPSA) is 35.8 Å². The highest BCUT2D eigenvalue weighted by Gasteiger charge is 2.14. The maximum atomic E-state index is 9.10. The third kappa shape index (κ3) is 3.43. The summed E-state index contributed by atoms with van der Waals surface area (Å²) in [6.07, 6.45) is 0. The molecule has 2 rings (SSSR count). The largest absolute Gasteiger partial charge is 0.377 e. The Labute approximate surface area is 134 Å². The van der Waals surface area contributed by atoms with Crippen molar-refractivity contribution in [1.82, 2.24) is 0 Å². The molecule has 0 aliphatic rings. The highest BCUT2D eigenvalue weighted by Crippen LogP contribution is 2.36. The molecule has 0 saturated carbocycles. The van der Waals surface area contributed by atoms with Crippen LogP contribution in [-0.2, 0) is 0 Å². The van der Waals surface area contributed by atoms with Crippen LogP contribution in [0, 0.1) is 11.3 Å². The number of hydrogen-bond donors (Lipinski definition) is 1. The minimum Gasteiger partial charge on any atom is -0.377 e. The van der Waals surface area contributed by atoms with E-state index in [0.717, 1.165) is 15.7 Å². The zero-order chi connectivity index (χ0) is 14.0. The zero-order valence-electron chi connectivity index (χ0n) is 9.88. The average molecular weight is 376 g/mol. The first-order valence-electron chi connectivity index (χ1n) is 5.42. The first-order valence-corrected chi connectivity index (χ1v) is 7.78. The van der Waals surface area contributed by atoms with Crippen molar-refractivity contribution in [1.29, 1.82) is 5.26 Å². The standard InChI is InChI=1S/C13H9BrCl2N2S/c1-7(10-5-12(15)19-13(10)16)18-11-4-9(14)3-2-8(11)6-17/h2-5,7,18H,1H3. The molecule has 0 aliphatic carbocycles. The van der Waals surface area contributed by atoms with Crippen LogP contribution in [0.5, 0.6) is 0 Å². The van der Waals surface area contributed by atoms with E-state index in [4.69, 9.17) is 28.5 Å². The SMILES string of the molecule is CC(Nc1cc(Br)ccc1C#N)c1cc(Cl)sc1Cl. The van der Waals surface area contributed by atoms with E-state index in [-0.39, 0.29) is 6.04 Å². The van der Waals surface area contributed by atoms with Crippen LogP contribution < -0.4 is 5.32 Å². The van der Waals surface area contributed by atoms with E-state index in [1.807, 2.05) is 25.1 Å². The number of nitrogens with one attached hydrogen (secondary N) is 1. The van der Waals surface area contributed by atoms with Crippen molar-refractivity contribution in [2.45, 2.75) is 13.0 Å². The lowest BCUT2D eigenvalue weighted by molar-refractivity contribution is 0.890. The molecule has 98 valence electrons. The monoisotopic (exact) mass is 374 g/mol. The van der Waals surface area contributed by atoms with Gasteiger partial charge in [-0.3, -0.25) is 0 Å². The predicted molar refractivity (Wildman–Crippen MR) is 85.2 cm³/mol. The van der Waals surface area contributed by atoms with Crippen molar-refractivity contribution in [3.63, 3.8) is 0 Å². The number of nitriles is 1. The van der Waals surface area contributed by atoms with E-state index in [9.17, 15) is 0 Å². The third-order valence-electron chi connectivity index (χ3n) is 2.62. The van der Waals surface area contributed by atoms with Gasteiger partial charge in [0.2, 0.25) is 0 Å². The minimum absolute atomic E-state index is 0.0300. The summed E-state index contributed by atoms with van der Waals surface area (Å²) in [5.41, 5.74) is 2.29. The predicted octanol–water partition coefficient (Wildman–Crippen LogP) is 5.86. The summed E-state index contributed by atoms with van der Waals surface area (Å²) in [5, 5.41) is 12.4. The lowest BCUT2D eigenvalue weighted by Gasteiger charge is -2.16. The maximum absolute atomic E-state index is 9.10. The van der Waals surface area contributed by atoms with Gasteiger partial charge in [-0.25, -0.2) is 0 Å². The molecule has 1 unspecified atom stereocenters. The van der Waals surface area contributed by atoms with Crippen molar-refractivity contribution < 1.29 is 0 Å². The molecule has 0 radical (unpaired) electrons. The summed E-state index contributed by atoms with van der Waals surface area (Å²) in [7, 11) is 0. The van der Waals surface area contributed by atoms with Gasteiger partial charge in [-0.05, 0) is 31.2 Å². The van der Waals surface area contributed by atoms with Gasteiger partial charge in [0.25, 0.3) is 0 Å². The van der Waals surface area contributed by atoms with Crippen molar-refractivity contribution >= 4 is 56.2 Å². The number of rotatable bonds is 3. The Morgan fingerprint density at radius 2 is 2.11 bits per heavy atom. The van der Waals surface area contributed by atoms with Crippen molar-refractivity contribution in [3.05, 3.63) is 48.5 Å². The molecule has 0 fully saturated rings. The van der Waals surface area contributed by atoms with Crippen LogP contribution in [0.4, 0.5) is 5.69 Å². The zero-order valence-corrected chi connectivity index (χ0v) is 13.8. The maximum Gasteiger partial charge on any atom is 0.101 e. The first-order chi connectivity index (χ1) is 9.01. The van der Waals surface area contributed by atoms with Crippen molar-refractivity contribution in [2.75, 3.05) is 5.32 Å². The van der Waals surface area contributed by atoms with E-state index in [0.29, 0.717) is 14.2 Å². The lowest BCUT2D eigenvalue weighted by Crippen LogP contribution is -2.07. The molecule has 1 aromatic heterocycles. The molecule has 0 saturated heterocycles. The van der Waals surface area contributed by atoms with Gasteiger partial charge >= 0.3 is 0 Å². The molecule has 1 N–H and O–H groups in total. The molecule has 2 nitrogen and oxygen atoms in total.